The molecule has 0 aromatic heterocycles. The van der Waals surface area contributed by atoms with E-state index in [4.69, 9.17) is 9.47 Å². The molecule has 6 heteroatoms. The second kappa shape index (κ2) is 9.41. The van der Waals surface area contributed by atoms with E-state index in [0.29, 0.717) is 6.04 Å². The lowest BCUT2D eigenvalue weighted by Crippen LogP contribution is -2.52. The van der Waals surface area contributed by atoms with E-state index in [9.17, 15) is 4.79 Å². The summed E-state index contributed by atoms with van der Waals surface area (Å²) in [6.07, 6.45) is 5.04. The number of carbonyl (C=O) groups excluding carboxylic acids is 1. The molecule has 2 aliphatic rings. The van der Waals surface area contributed by atoms with E-state index in [1.807, 2.05) is 18.2 Å². The molecule has 1 aliphatic heterocycles. The van der Waals surface area contributed by atoms with Crippen molar-refractivity contribution in [2.45, 2.75) is 56.5 Å². The van der Waals surface area contributed by atoms with Crippen LogP contribution < -0.4 is 20.1 Å². The van der Waals surface area contributed by atoms with E-state index < -0.39 is 0 Å². The molecule has 2 fully saturated rings. The van der Waals surface area contributed by atoms with Crippen LogP contribution in [0.5, 0.6) is 11.5 Å². The van der Waals surface area contributed by atoms with Crippen LogP contribution in [0.25, 0.3) is 0 Å². The molecular formula is C26H35N3O3. The highest BCUT2D eigenvalue weighted by Gasteiger charge is 2.50. The largest absolute Gasteiger partial charge is 0.493 e. The van der Waals surface area contributed by atoms with E-state index in [0.717, 1.165) is 55.8 Å². The van der Waals surface area contributed by atoms with Crippen molar-refractivity contribution in [3.63, 3.8) is 0 Å². The van der Waals surface area contributed by atoms with Crippen LogP contribution in [0, 0.1) is 0 Å². The number of urea groups is 1. The number of rotatable bonds is 6. The van der Waals surface area contributed by atoms with Crippen LogP contribution in [0.4, 0.5) is 10.5 Å². The van der Waals surface area contributed by atoms with Gasteiger partial charge in [-0.3, -0.25) is 0 Å². The highest BCUT2D eigenvalue weighted by atomic mass is 16.5. The van der Waals surface area contributed by atoms with Gasteiger partial charge >= 0.3 is 6.03 Å². The number of hydrogen-bond donors (Lipinski definition) is 2. The average molecular weight is 438 g/mol. The predicted molar refractivity (Wildman–Crippen MR) is 128 cm³/mol. The molecule has 4 rings (SSSR count). The zero-order valence-electron chi connectivity index (χ0n) is 19.6. The fourth-order valence-corrected chi connectivity index (χ4v) is 5.57. The highest BCUT2D eigenvalue weighted by Crippen LogP contribution is 2.49. The summed E-state index contributed by atoms with van der Waals surface area (Å²) in [6.45, 7) is 3.18. The zero-order valence-corrected chi connectivity index (χ0v) is 19.6. The molecule has 1 aliphatic carbocycles. The van der Waals surface area contributed by atoms with Crippen LogP contribution in [0.2, 0.25) is 0 Å². The van der Waals surface area contributed by atoms with E-state index in [1.165, 1.54) is 11.1 Å². The number of benzene rings is 2. The molecule has 0 spiro atoms. The van der Waals surface area contributed by atoms with Crippen LogP contribution >= 0.6 is 0 Å². The third-order valence-corrected chi connectivity index (χ3v) is 7.44. The highest BCUT2D eigenvalue weighted by molar-refractivity contribution is 5.89. The quantitative estimate of drug-likeness (QED) is 0.694. The van der Waals surface area contributed by atoms with E-state index in [1.54, 1.807) is 14.2 Å². The van der Waals surface area contributed by atoms with E-state index >= 15 is 0 Å². The Morgan fingerprint density at radius 3 is 2.53 bits per heavy atom. The molecule has 3 atom stereocenters. The first kappa shape index (κ1) is 22.5. The van der Waals surface area contributed by atoms with Gasteiger partial charge in [0.2, 0.25) is 0 Å². The fraction of sp³-hybridized carbons (Fsp3) is 0.500. The van der Waals surface area contributed by atoms with Gasteiger partial charge in [0, 0.05) is 23.2 Å². The van der Waals surface area contributed by atoms with Gasteiger partial charge in [0.25, 0.3) is 0 Å². The Balaban J connectivity index is 1.45. The zero-order chi connectivity index (χ0) is 22.7. The number of nitrogens with one attached hydrogen (secondary N) is 2. The minimum absolute atomic E-state index is 0.0823. The minimum Gasteiger partial charge on any atom is -0.493 e. The van der Waals surface area contributed by atoms with Crippen LogP contribution in [-0.2, 0) is 11.8 Å². The van der Waals surface area contributed by atoms with Gasteiger partial charge in [-0.1, -0.05) is 25.1 Å². The third kappa shape index (κ3) is 4.29. The number of likely N-dealkylation sites (N-methyl/N-ethyl adjacent to an activating group) is 1. The third-order valence-electron chi connectivity index (χ3n) is 7.44. The van der Waals surface area contributed by atoms with Crippen LogP contribution in [0.1, 0.15) is 43.7 Å². The van der Waals surface area contributed by atoms with E-state index in [2.05, 4.69) is 53.8 Å². The number of ether oxygens (including phenoxy) is 2. The van der Waals surface area contributed by atoms with Crippen molar-refractivity contribution in [3.8, 4) is 11.5 Å². The summed E-state index contributed by atoms with van der Waals surface area (Å²) in [7, 11) is 5.56. The molecular weight excluding hydrogens is 402 g/mol. The monoisotopic (exact) mass is 437 g/mol. The molecule has 2 aromatic rings. The Morgan fingerprint density at radius 1 is 1.09 bits per heavy atom. The van der Waals surface area contributed by atoms with Crippen molar-refractivity contribution >= 4 is 11.7 Å². The number of hydrogen-bond acceptors (Lipinski definition) is 4. The topological polar surface area (TPSA) is 62.8 Å². The van der Waals surface area contributed by atoms with Crippen molar-refractivity contribution in [3.05, 3.63) is 53.6 Å². The van der Waals surface area contributed by atoms with Crippen LogP contribution in [0.15, 0.2) is 42.5 Å². The lowest BCUT2D eigenvalue weighted by Gasteiger charge is -2.45. The molecule has 1 saturated heterocycles. The Labute approximate surface area is 191 Å². The molecule has 6 nitrogen and oxygen atoms in total. The number of likely N-dealkylation sites (tertiary alicyclic amines) is 1. The standard InChI is InChI=1S/C26H35N3O3/c1-5-18-6-9-20(10-7-18)27-25(30)28-21-12-13-26(14-15-29(2)24(26)17-21)19-8-11-22(31-3)23(16-19)32-4/h6-11,16,21,24H,5,12-15,17H2,1-4H3,(H2,27,28,30)/t21-,24+,26-/m0/s1. The average Bonchev–Trinajstić information content (AvgIpc) is 3.16. The lowest BCUT2D eigenvalue weighted by molar-refractivity contribution is 0.156. The number of aryl methyl sites for hydroxylation is 1. The SMILES string of the molecule is CCc1ccc(NC(=O)N[C@H]2CC[C@@]3(c4ccc(OC)c(OC)c4)CCN(C)[C@@H]3C2)cc1. The van der Waals surface area contributed by atoms with Gasteiger partial charge in [-0.15, -0.1) is 0 Å². The van der Waals surface area contributed by atoms with Gasteiger partial charge in [0.05, 0.1) is 14.2 Å². The molecule has 1 saturated carbocycles. The molecule has 1 heterocycles. The summed E-state index contributed by atoms with van der Waals surface area (Å²) in [5, 5.41) is 6.20. The number of anilines is 1. The number of nitrogens with zero attached hydrogens (tertiary/aromatic N) is 1. The Hall–Kier alpha value is -2.73. The van der Waals surface area contributed by atoms with Crippen molar-refractivity contribution in [2.75, 3.05) is 33.1 Å². The Bertz CT molecular complexity index is 946. The molecule has 0 bridgehead atoms. The molecule has 0 radical (unpaired) electrons. The summed E-state index contributed by atoms with van der Waals surface area (Å²) in [5.41, 5.74) is 3.48. The Morgan fingerprint density at radius 2 is 1.84 bits per heavy atom. The van der Waals surface area contributed by atoms with Gasteiger partial charge in [0.1, 0.15) is 0 Å². The fourth-order valence-electron chi connectivity index (χ4n) is 5.57. The summed E-state index contributed by atoms with van der Waals surface area (Å²) >= 11 is 0. The molecule has 32 heavy (non-hydrogen) atoms. The van der Waals surface area contributed by atoms with Gasteiger partial charge in [0.15, 0.2) is 11.5 Å². The first-order chi connectivity index (χ1) is 15.5. The van der Waals surface area contributed by atoms with Crippen LogP contribution in [-0.4, -0.2) is 50.8 Å². The minimum atomic E-state index is -0.126. The maximum absolute atomic E-state index is 12.6. The molecule has 2 amide bonds. The van der Waals surface area contributed by atoms with Gasteiger partial charge in [-0.05, 0) is 81.1 Å². The van der Waals surface area contributed by atoms with Gasteiger partial charge in [-0.25, -0.2) is 4.79 Å². The van der Waals surface area contributed by atoms with Crippen LogP contribution in [0.3, 0.4) is 0 Å². The lowest BCUT2D eigenvalue weighted by atomic mass is 9.65. The number of fused-ring (bicyclic) bond motifs is 1. The van der Waals surface area contributed by atoms with Crippen molar-refractivity contribution in [2.24, 2.45) is 0 Å². The smallest absolute Gasteiger partial charge is 0.319 e. The van der Waals surface area contributed by atoms with Gasteiger partial charge in [-0.2, -0.15) is 0 Å². The first-order valence-corrected chi connectivity index (χ1v) is 11.6. The predicted octanol–water partition coefficient (Wildman–Crippen LogP) is 4.58. The number of carbonyl (C=O) groups is 1. The number of methoxy groups -OCH3 is 2. The van der Waals surface area contributed by atoms with Gasteiger partial charge < -0.3 is 25.0 Å². The maximum Gasteiger partial charge on any atom is 0.319 e. The Kier molecular flexibility index (Phi) is 6.60. The van der Waals surface area contributed by atoms with Crippen molar-refractivity contribution in [1.82, 2.24) is 10.2 Å². The normalized spacial score (nSPS) is 25.1. The van der Waals surface area contributed by atoms with Crippen molar-refractivity contribution < 1.29 is 14.3 Å². The summed E-state index contributed by atoms with van der Waals surface area (Å²) in [5.74, 6) is 1.54. The molecule has 2 aromatic carbocycles. The maximum atomic E-state index is 12.6. The second-order valence-electron chi connectivity index (χ2n) is 9.09. The van der Waals surface area contributed by atoms with Crippen molar-refractivity contribution in [1.29, 1.82) is 0 Å². The second-order valence-corrected chi connectivity index (χ2v) is 9.09. The summed E-state index contributed by atoms with van der Waals surface area (Å²) < 4.78 is 11.0. The molecule has 0 unspecified atom stereocenters. The first-order valence-electron chi connectivity index (χ1n) is 11.6. The molecule has 172 valence electrons. The number of amides is 2. The summed E-state index contributed by atoms with van der Waals surface area (Å²) in [6, 6.07) is 14.8. The molecule has 2 N–H and O–H groups in total. The van der Waals surface area contributed by atoms with E-state index in [-0.39, 0.29) is 17.5 Å². The summed E-state index contributed by atoms with van der Waals surface area (Å²) in [4.78, 5) is 15.1.